The lowest BCUT2D eigenvalue weighted by atomic mass is 10.1. The van der Waals surface area contributed by atoms with Crippen molar-refractivity contribution < 1.29 is 0 Å². The number of rotatable bonds is 0. The first-order valence-electron chi connectivity index (χ1n) is 3.18. The van der Waals surface area contributed by atoms with Gasteiger partial charge in [-0.2, -0.15) is 4.99 Å². The van der Waals surface area contributed by atoms with Crippen LogP contribution in [0.25, 0.3) is 0 Å². The van der Waals surface area contributed by atoms with Crippen molar-refractivity contribution in [2.24, 2.45) is 4.99 Å². The molecule has 1 heterocycles. The van der Waals surface area contributed by atoms with E-state index in [1.807, 2.05) is 30.3 Å². The van der Waals surface area contributed by atoms with Crippen molar-refractivity contribution >= 4 is 11.9 Å². The van der Waals surface area contributed by atoms with Crippen LogP contribution in [-0.4, -0.2) is 6.21 Å². The Hall–Kier alpha value is -1.46. The van der Waals surface area contributed by atoms with Gasteiger partial charge >= 0.3 is 0 Å². The van der Waals surface area contributed by atoms with Gasteiger partial charge in [-0.1, -0.05) is 0 Å². The summed E-state index contributed by atoms with van der Waals surface area (Å²) < 4.78 is 0. The highest BCUT2D eigenvalue weighted by Crippen LogP contribution is 2.19. The summed E-state index contributed by atoms with van der Waals surface area (Å²) in [5.74, 6) is 0. The summed E-state index contributed by atoms with van der Waals surface area (Å²) >= 11 is 0. The molecule has 1 aliphatic heterocycles. The van der Waals surface area contributed by atoms with Gasteiger partial charge in [0.05, 0.1) is 6.08 Å². The van der Waals surface area contributed by atoms with Gasteiger partial charge in [0, 0.05) is 18.2 Å². The van der Waals surface area contributed by atoms with E-state index in [0.717, 1.165) is 11.3 Å². The molecule has 0 aliphatic carbocycles. The second kappa shape index (κ2) is 2.05. The van der Waals surface area contributed by atoms with Gasteiger partial charge in [-0.3, -0.25) is 0 Å². The molecule has 0 N–H and O–H groups in total. The van der Waals surface area contributed by atoms with Gasteiger partial charge in [0.15, 0.2) is 11.3 Å². The van der Waals surface area contributed by atoms with Crippen LogP contribution < -0.4 is 0 Å². The molecule has 0 amide bonds. The Morgan fingerprint density at radius 2 is 2.10 bits per heavy atom. The molecule has 0 fully saturated rings. The summed E-state index contributed by atoms with van der Waals surface area (Å²) in [6, 6.07) is 7.94. The van der Waals surface area contributed by atoms with E-state index in [4.69, 9.17) is 0 Å². The van der Waals surface area contributed by atoms with Gasteiger partial charge in [-0.15, -0.1) is 0 Å². The van der Waals surface area contributed by atoms with E-state index in [2.05, 4.69) is 11.1 Å². The Kier molecular flexibility index (Phi) is 1.09. The van der Waals surface area contributed by atoms with Crippen LogP contribution in [0.3, 0.4) is 0 Å². The van der Waals surface area contributed by atoms with E-state index in [1.54, 1.807) is 6.21 Å². The molecule has 0 bridgehead atoms. The summed E-state index contributed by atoms with van der Waals surface area (Å²) in [6.45, 7) is 0. The first-order valence-corrected chi connectivity index (χ1v) is 3.18. The summed E-state index contributed by atoms with van der Waals surface area (Å²) in [7, 11) is 0. The average molecular weight is 128 g/mol. The van der Waals surface area contributed by atoms with Gasteiger partial charge < -0.3 is 0 Å². The fraction of sp³-hybridized carbons (Fsp3) is 0. The highest BCUT2D eigenvalue weighted by Gasteiger charge is 2.06. The Morgan fingerprint density at radius 1 is 1.20 bits per heavy atom. The van der Waals surface area contributed by atoms with Gasteiger partial charge in [0.25, 0.3) is 0 Å². The largest absolute Gasteiger partial charge is 0.174 e. The molecule has 1 nitrogen and oxygen atoms in total. The molecule has 1 aliphatic rings. The molecule has 1 aromatic rings. The van der Waals surface area contributed by atoms with Gasteiger partial charge in [-0.05, 0) is 12.1 Å². The van der Waals surface area contributed by atoms with Crippen molar-refractivity contribution in [2.75, 3.05) is 0 Å². The number of para-hydroxylation sites is 1. The smallest absolute Gasteiger partial charge is 0.157 e. The summed E-state index contributed by atoms with van der Waals surface area (Å²) in [5.41, 5.74) is 2.08. The Labute approximate surface area is 59.7 Å². The Morgan fingerprint density at radius 3 is 3.00 bits per heavy atom. The van der Waals surface area contributed by atoms with E-state index in [9.17, 15) is 0 Å². The zero-order chi connectivity index (χ0) is 6.81. The maximum atomic E-state index is 4.15. The number of hydrogen-bond donors (Lipinski definition) is 0. The molecule has 0 saturated heterocycles. The number of allylic oxidation sites excluding steroid dienone is 1. The van der Waals surface area contributed by atoms with Crippen LogP contribution in [-0.2, 0) is 0 Å². The van der Waals surface area contributed by atoms with Crippen molar-refractivity contribution in [2.45, 2.75) is 0 Å². The third-order valence-electron chi connectivity index (χ3n) is 1.43. The molecule has 0 aromatic heterocycles. The molecule has 10 heavy (non-hydrogen) atoms. The highest BCUT2D eigenvalue weighted by molar-refractivity contribution is 5.78. The lowest BCUT2D eigenvalue weighted by molar-refractivity contribution is 1.45. The van der Waals surface area contributed by atoms with E-state index >= 15 is 0 Å². The number of hydrogen-bond acceptors (Lipinski definition) is 1. The fourth-order valence-corrected chi connectivity index (χ4v) is 0.953. The van der Waals surface area contributed by atoms with Crippen molar-refractivity contribution in [3.05, 3.63) is 42.0 Å². The molecule has 0 unspecified atom stereocenters. The lowest BCUT2D eigenvalue weighted by Crippen LogP contribution is -1.81. The van der Waals surface area contributed by atoms with E-state index < -0.39 is 0 Å². The minimum atomic E-state index is 1.00. The Balaban J connectivity index is 2.65. The topological polar surface area (TPSA) is 12.4 Å². The zero-order valence-electron chi connectivity index (χ0n) is 5.41. The molecular weight excluding hydrogens is 122 g/mol. The van der Waals surface area contributed by atoms with Crippen molar-refractivity contribution in [3.63, 3.8) is 0 Å². The standard InChI is InChI=1S/C9H6N/c1-2-6-9-8(4-1)5-3-7-10-9/h1-4,6-7H/q+1. The molecule has 0 atom stereocenters. The number of benzene rings is 1. The molecule has 0 saturated carbocycles. The highest BCUT2D eigenvalue weighted by atomic mass is 14.7. The average Bonchev–Trinajstić information content (AvgIpc) is 2.05. The van der Waals surface area contributed by atoms with Crippen LogP contribution in [0.4, 0.5) is 5.69 Å². The third kappa shape index (κ3) is 0.734. The van der Waals surface area contributed by atoms with Crippen molar-refractivity contribution in [3.8, 4) is 0 Å². The predicted molar refractivity (Wildman–Crippen MR) is 41.5 cm³/mol. The quantitative estimate of drug-likeness (QED) is 0.474. The van der Waals surface area contributed by atoms with Crippen LogP contribution in [0.5, 0.6) is 0 Å². The van der Waals surface area contributed by atoms with Gasteiger partial charge in [-0.25, -0.2) is 0 Å². The first kappa shape index (κ1) is 5.33. The maximum absolute atomic E-state index is 4.15. The van der Waals surface area contributed by atoms with Crippen LogP contribution >= 0.6 is 0 Å². The normalized spacial score (nSPS) is 12.4. The SMILES string of the molecule is [C+]1=CC=Nc2ccccc21. The predicted octanol–water partition coefficient (Wildman–Crippen LogP) is 2.11. The van der Waals surface area contributed by atoms with Crippen LogP contribution in [0, 0.1) is 6.08 Å². The van der Waals surface area contributed by atoms with E-state index in [-0.39, 0.29) is 0 Å². The number of aliphatic imine (C=N–C) groups is 1. The van der Waals surface area contributed by atoms with Crippen LogP contribution in [0.2, 0.25) is 0 Å². The van der Waals surface area contributed by atoms with E-state index in [1.165, 1.54) is 0 Å². The van der Waals surface area contributed by atoms with Crippen molar-refractivity contribution in [1.29, 1.82) is 0 Å². The molecule has 1 aromatic carbocycles. The minimum Gasteiger partial charge on any atom is -0.157 e. The molecule has 1 heteroatoms. The second-order valence-electron chi connectivity index (χ2n) is 2.11. The third-order valence-corrected chi connectivity index (χ3v) is 1.43. The molecule has 2 rings (SSSR count). The first-order chi connectivity index (χ1) is 4.97. The summed E-state index contributed by atoms with van der Waals surface area (Å²) in [5, 5.41) is 0. The monoisotopic (exact) mass is 128 g/mol. The van der Waals surface area contributed by atoms with Crippen LogP contribution in [0.15, 0.2) is 35.3 Å². The Bertz CT molecular complexity index is 266. The maximum Gasteiger partial charge on any atom is 0.174 e. The molecule has 46 valence electrons. The van der Waals surface area contributed by atoms with Gasteiger partial charge in [0.1, 0.15) is 6.21 Å². The summed E-state index contributed by atoms with van der Waals surface area (Å²) in [4.78, 5) is 4.15. The van der Waals surface area contributed by atoms with Gasteiger partial charge in [0.2, 0.25) is 0 Å². The molecule has 0 radical (unpaired) electrons. The molecule has 0 spiro atoms. The number of nitrogens with zero attached hydrogens (tertiary/aromatic N) is 1. The zero-order valence-corrected chi connectivity index (χ0v) is 5.41. The summed E-state index contributed by atoms with van der Waals surface area (Å²) in [6.07, 6.45) is 6.66. The number of fused-ring (bicyclic) bond motifs is 1. The lowest BCUT2D eigenvalue weighted by Gasteiger charge is -1.90. The molecular formula is C9H6N+. The second-order valence-corrected chi connectivity index (χ2v) is 2.11. The minimum absolute atomic E-state index is 1.00. The fourth-order valence-electron chi connectivity index (χ4n) is 0.953. The van der Waals surface area contributed by atoms with Crippen molar-refractivity contribution in [1.82, 2.24) is 0 Å². The van der Waals surface area contributed by atoms with E-state index in [0.29, 0.717) is 0 Å². The van der Waals surface area contributed by atoms with Crippen LogP contribution in [0.1, 0.15) is 5.56 Å².